The van der Waals surface area contributed by atoms with E-state index in [0.717, 1.165) is 22.8 Å². The summed E-state index contributed by atoms with van der Waals surface area (Å²) in [6.45, 7) is 7.04. The molecule has 19 heavy (non-hydrogen) atoms. The number of benzene rings is 1. The van der Waals surface area contributed by atoms with E-state index >= 15 is 0 Å². The van der Waals surface area contributed by atoms with Gasteiger partial charge in [-0.2, -0.15) is 0 Å². The van der Waals surface area contributed by atoms with E-state index < -0.39 is 0 Å². The molecule has 0 saturated carbocycles. The van der Waals surface area contributed by atoms with Gasteiger partial charge in [0, 0.05) is 4.88 Å². The average Bonchev–Trinajstić information content (AvgIpc) is 2.69. The van der Waals surface area contributed by atoms with E-state index in [-0.39, 0.29) is 6.04 Å². The van der Waals surface area contributed by atoms with Crippen LogP contribution in [0.3, 0.4) is 0 Å². The summed E-state index contributed by atoms with van der Waals surface area (Å²) in [4.78, 5) is 5.73. The molecule has 0 saturated heterocycles. The highest BCUT2D eigenvalue weighted by molar-refractivity contribution is 7.11. The molecule has 0 aliphatic heterocycles. The third-order valence-electron chi connectivity index (χ3n) is 2.89. The number of aromatic nitrogens is 1. The minimum atomic E-state index is 0.117. The highest BCUT2D eigenvalue weighted by atomic mass is 35.5. The molecule has 1 N–H and O–H groups in total. The van der Waals surface area contributed by atoms with Gasteiger partial charge >= 0.3 is 0 Å². The fourth-order valence-corrected chi connectivity index (χ4v) is 3.41. The van der Waals surface area contributed by atoms with E-state index in [1.54, 1.807) is 11.3 Å². The van der Waals surface area contributed by atoms with Crippen molar-refractivity contribution in [1.82, 2.24) is 10.3 Å². The molecule has 0 radical (unpaired) electrons. The molecule has 5 heteroatoms. The number of aryl methyl sites for hydroxylation is 2. The first-order valence-corrected chi connectivity index (χ1v) is 7.72. The van der Waals surface area contributed by atoms with E-state index in [1.165, 1.54) is 4.88 Å². The van der Waals surface area contributed by atoms with E-state index in [0.29, 0.717) is 10.0 Å². The van der Waals surface area contributed by atoms with Crippen LogP contribution in [0.25, 0.3) is 0 Å². The Balaban J connectivity index is 2.44. The second-order valence-electron chi connectivity index (χ2n) is 4.35. The minimum absolute atomic E-state index is 0.117. The summed E-state index contributed by atoms with van der Waals surface area (Å²) >= 11 is 13.8. The molecular formula is C14H16Cl2N2S. The second kappa shape index (κ2) is 6.23. The van der Waals surface area contributed by atoms with Gasteiger partial charge in [-0.15, -0.1) is 11.3 Å². The van der Waals surface area contributed by atoms with Gasteiger partial charge in [-0.1, -0.05) is 36.2 Å². The van der Waals surface area contributed by atoms with Crippen LogP contribution in [0.1, 0.15) is 34.1 Å². The molecule has 0 spiro atoms. The largest absolute Gasteiger partial charge is 0.306 e. The molecular weight excluding hydrogens is 299 g/mol. The van der Waals surface area contributed by atoms with Gasteiger partial charge in [0.1, 0.15) is 0 Å². The van der Waals surface area contributed by atoms with Gasteiger partial charge in [0.25, 0.3) is 0 Å². The molecule has 0 amide bonds. The normalized spacial score (nSPS) is 12.7. The van der Waals surface area contributed by atoms with Gasteiger partial charge in [0.05, 0.1) is 26.8 Å². The summed E-state index contributed by atoms with van der Waals surface area (Å²) in [5.41, 5.74) is 2.18. The van der Waals surface area contributed by atoms with Crippen molar-refractivity contribution in [2.45, 2.75) is 26.8 Å². The number of nitrogens with one attached hydrogen (secondary N) is 1. The van der Waals surface area contributed by atoms with E-state index in [4.69, 9.17) is 23.2 Å². The predicted octanol–water partition coefficient (Wildman–Crippen LogP) is 4.77. The lowest BCUT2D eigenvalue weighted by molar-refractivity contribution is 0.635. The Morgan fingerprint density at radius 3 is 2.53 bits per heavy atom. The van der Waals surface area contributed by atoms with Crippen molar-refractivity contribution in [3.63, 3.8) is 0 Å². The van der Waals surface area contributed by atoms with Crippen molar-refractivity contribution in [2.24, 2.45) is 0 Å². The Labute approximate surface area is 127 Å². The summed E-state index contributed by atoms with van der Waals surface area (Å²) in [5, 5.41) is 5.73. The van der Waals surface area contributed by atoms with Gasteiger partial charge in [-0.3, -0.25) is 0 Å². The maximum absolute atomic E-state index is 6.12. The molecule has 0 fully saturated rings. The second-order valence-corrected chi connectivity index (χ2v) is 6.40. The molecule has 1 atom stereocenters. The van der Waals surface area contributed by atoms with Gasteiger partial charge in [0.15, 0.2) is 0 Å². The first-order chi connectivity index (χ1) is 9.02. The van der Waals surface area contributed by atoms with Gasteiger partial charge in [-0.25, -0.2) is 4.98 Å². The Bertz CT molecular complexity index is 581. The smallest absolute Gasteiger partial charge is 0.0900 e. The molecule has 0 aliphatic carbocycles. The van der Waals surface area contributed by atoms with Crippen molar-refractivity contribution < 1.29 is 0 Å². The predicted molar refractivity (Wildman–Crippen MR) is 83.6 cm³/mol. The third kappa shape index (κ3) is 3.29. The fraction of sp³-hybridized carbons (Fsp3) is 0.357. The van der Waals surface area contributed by atoms with Crippen LogP contribution in [0.5, 0.6) is 0 Å². The zero-order valence-electron chi connectivity index (χ0n) is 11.1. The summed E-state index contributed by atoms with van der Waals surface area (Å²) in [5.74, 6) is 0. The first-order valence-electron chi connectivity index (χ1n) is 6.15. The number of nitrogens with zero attached hydrogens (tertiary/aromatic N) is 1. The maximum Gasteiger partial charge on any atom is 0.0900 e. The molecule has 1 unspecified atom stereocenters. The van der Waals surface area contributed by atoms with Crippen molar-refractivity contribution in [3.05, 3.63) is 49.4 Å². The zero-order valence-corrected chi connectivity index (χ0v) is 13.5. The van der Waals surface area contributed by atoms with Crippen LogP contribution in [0.2, 0.25) is 10.0 Å². The molecule has 0 bridgehead atoms. The lowest BCUT2D eigenvalue weighted by Gasteiger charge is -2.18. The lowest BCUT2D eigenvalue weighted by atomic mass is 10.0. The summed E-state index contributed by atoms with van der Waals surface area (Å²) in [7, 11) is 0. The molecule has 102 valence electrons. The quantitative estimate of drug-likeness (QED) is 0.879. The van der Waals surface area contributed by atoms with Crippen LogP contribution in [0.4, 0.5) is 0 Å². The van der Waals surface area contributed by atoms with Crippen molar-refractivity contribution in [3.8, 4) is 0 Å². The van der Waals surface area contributed by atoms with Crippen LogP contribution in [0, 0.1) is 13.8 Å². The Morgan fingerprint density at radius 1 is 1.26 bits per heavy atom. The molecule has 2 rings (SSSR count). The van der Waals surface area contributed by atoms with Crippen LogP contribution in [-0.2, 0) is 0 Å². The van der Waals surface area contributed by atoms with Crippen LogP contribution in [0.15, 0.2) is 18.2 Å². The third-order valence-corrected chi connectivity index (χ3v) is 4.76. The van der Waals surface area contributed by atoms with Crippen LogP contribution >= 0.6 is 34.5 Å². The monoisotopic (exact) mass is 314 g/mol. The first kappa shape index (κ1) is 14.8. The zero-order chi connectivity index (χ0) is 14.0. The Kier molecular flexibility index (Phi) is 4.85. The van der Waals surface area contributed by atoms with E-state index in [2.05, 4.69) is 17.2 Å². The fourth-order valence-electron chi connectivity index (χ4n) is 2.07. The number of hydrogen-bond acceptors (Lipinski definition) is 3. The Morgan fingerprint density at radius 2 is 2.00 bits per heavy atom. The summed E-state index contributed by atoms with van der Waals surface area (Å²) < 4.78 is 0. The molecule has 2 aromatic rings. The summed E-state index contributed by atoms with van der Waals surface area (Å²) in [6, 6.07) is 5.89. The SMILES string of the molecule is CCNC(c1ccc(Cl)c(Cl)c1)c1sc(C)nc1C. The molecule has 1 aromatic heterocycles. The molecule has 1 aromatic carbocycles. The number of hydrogen-bond donors (Lipinski definition) is 1. The minimum Gasteiger partial charge on any atom is -0.306 e. The van der Waals surface area contributed by atoms with Gasteiger partial charge < -0.3 is 5.32 Å². The molecule has 1 heterocycles. The Hall–Kier alpha value is -0.610. The highest BCUT2D eigenvalue weighted by Crippen LogP contribution is 2.33. The maximum atomic E-state index is 6.12. The van der Waals surface area contributed by atoms with E-state index in [1.807, 2.05) is 32.0 Å². The van der Waals surface area contributed by atoms with Crippen molar-refractivity contribution in [2.75, 3.05) is 6.54 Å². The van der Waals surface area contributed by atoms with E-state index in [9.17, 15) is 0 Å². The molecule has 0 aliphatic rings. The standard InChI is InChI=1S/C14H16Cl2N2S/c1-4-17-13(14-8(2)18-9(3)19-14)10-5-6-11(15)12(16)7-10/h5-7,13,17H,4H2,1-3H3. The number of rotatable bonds is 4. The van der Waals surface area contributed by atoms with Crippen LogP contribution in [-0.4, -0.2) is 11.5 Å². The van der Waals surface area contributed by atoms with Gasteiger partial charge in [0.2, 0.25) is 0 Å². The van der Waals surface area contributed by atoms with Crippen molar-refractivity contribution in [1.29, 1.82) is 0 Å². The highest BCUT2D eigenvalue weighted by Gasteiger charge is 2.19. The number of halogens is 2. The molecule has 2 nitrogen and oxygen atoms in total. The number of thiazole rings is 1. The van der Waals surface area contributed by atoms with Gasteiger partial charge in [-0.05, 0) is 38.1 Å². The van der Waals surface area contributed by atoms with Crippen LogP contribution < -0.4 is 5.32 Å². The lowest BCUT2D eigenvalue weighted by Crippen LogP contribution is -2.21. The van der Waals surface area contributed by atoms with Crippen molar-refractivity contribution >= 4 is 34.5 Å². The average molecular weight is 315 g/mol. The topological polar surface area (TPSA) is 24.9 Å². The summed E-state index contributed by atoms with van der Waals surface area (Å²) in [6.07, 6.45) is 0.